The molecule has 1 fully saturated rings. The fourth-order valence-corrected chi connectivity index (χ4v) is 3.84. The number of para-hydroxylation sites is 1. The van der Waals surface area contributed by atoms with Gasteiger partial charge in [0, 0.05) is 0 Å². The zero-order chi connectivity index (χ0) is 21.3. The van der Waals surface area contributed by atoms with Crippen LogP contribution < -0.4 is 4.74 Å². The fourth-order valence-electron chi connectivity index (χ4n) is 3.84. The smallest absolute Gasteiger partial charge is 0.123 e. The SMILES string of the molecule is CCCC/C=C/CCCCCCCCCCCCc1ccccc1OCC1(C)CO1. The van der Waals surface area contributed by atoms with Crippen molar-refractivity contribution in [1.82, 2.24) is 0 Å². The quantitative estimate of drug-likeness (QED) is 0.129. The fraction of sp³-hybridized carbons (Fsp3) is 0.714. The summed E-state index contributed by atoms with van der Waals surface area (Å²) < 4.78 is 11.4. The molecule has 1 aliphatic rings. The Hall–Kier alpha value is -1.28. The molecule has 0 bridgehead atoms. The van der Waals surface area contributed by atoms with E-state index in [0.717, 1.165) is 18.8 Å². The van der Waals surface area contributed by atoms with E-state index in [0.29, 0.717) is 6.61 Å². The van der Waals surface area contributed by atoms with Crippen molar-refractivity contribution in [3.63, 3.8) is 0 Å². The van der Waals surface area contributed by atoms with Crippen molar-refractivity contribution in [3.8, 4) is 5.75 Å². The zero-order valence-electron chi connectivity index (χ0n) is 19.8. The van der Waals surface area contributed by atoms with Gasteiger partial charge in [-0.25, -0.2) is 0 Å². The molecule has 0 spiro atoms. The number of allylic oxidation sites excluding steroid dienone is 2. The molecule has 0 radical (unpaired) electrons. The minimum absolute atomic E-state index is 0.0432. The topological polar surface area (TPSA) is 21.8 Å². The molecule has 1 saturated heterocycles. The maximum absolute atomic E-state index is 6.01. The summed E-state index contributed by atoms with van der Waals surface area (Å²) in [5.74, 6) is 1.05. The summed E-state index contributed by atoms with van der Waals surface area (Å²) in [5.41, 5.74) is 1.31. The molecule has 0 amide bonds. The van der Waals surface area contributed by atoms with Crippen molar-refractivity contribution in [1.29, 1.82) is 0 Å². The average Bonchev–Trinajstić information content (AvgIpc) is 3.50. The zero-order valence-corrected chi connectivity index (χ0v) is 19.8. The number of hydrogen-bond acceptors (Lipinski definition) is 2. The van der Waals surface area contributed by atoms with Crippen LogP contribution in [0.1, 0.15) is 109 Å². The first-order valence-corrected chi connectivity index (χ1v) is 12.7. The maximum atomic E-state index is 6.01. The maximum Gasteiger partial charge on any atom is 0.123 e. The molecule has 2 nitrogen and oxygen atoms in total. The third kappa shape index (κ3) is 11.8. The summed E-state index contributed by atoms with van der Waals surface area (Å²) in [6.07, 6.45) is 24.9. The minimum atomic E-state index is -0.0432. The second-order valence-electron chi connectivity index (χ2n) is 9.32. The van der Waals surface area contributed by atoms with Gasteiger partial charge in [-0.15, -0.1) is 0 Å². The normalized spacial score (nSPS) is 18.2. The molecule has 0 aromatic heterocycles. The largest absolute Gasteiger partial charge is 0.490 e. The molecule has 170 valence electrons. The number of unbranched alkanes of at least 4 members (excludes halogenated alkanes) is 12. The number of epoxide rings is 1. The number of aryl methyl sites for hydroxylation is 1. The lowest BCUT2D eigenvalue weighted by atomic mass is 10.0. The highest BCUT2D eigenvalue weighted by molar-refractivity contribution is 5.33. The molecular formula is C28H46O2. The van der Waals surface area contributed by atoms with Crippen LogP contribution in [0.4, 0.5) is 0 Å². The van der Waals surface area contributed by atoms with Crippen LogP contribution >= 0.6 is 0 Å². The Labute approximate surface area is 186 Å². The summed E-state index contributed by atoms with van der Waals surface area (Å²) >= 11 is 0. The van der Waals surface area contributed by atoms with Crippen molar-refractivity contribution < 1.29 is 9.47 Å². The van der Waals surface area contributed by atoms with Gasteiger partial charge in [0.2, 0.25) is 0 Å². The average molecular weight is 415 g/mol. The third-order valence-corrected chi connectivity index (χ3v) is 6.10. The first-order chi connectivity index (χ1) is 14.7. The van der Waals surface area contributed by atoms with E-state index in [9.17, 15) is 0 Å². The van der Waals surface area contributed by atoms with E-state index < -0.39 is 0 Å². The molecule has 1 aromatic rings. The first-order valence-electron chi connectivity index (χ1n) is 12.7. The van der Waals surface area contributed by atoms with Gasteiger partial charge in [-0.05, 0) is 50.7 Å². The van der Waals surface area contributed by atoms with Gasteiger partial charge in [0.25, 0.3) is 0 Å². The molecule has 1 heterocycles. The van der Waals surface area contributed by atoms with Crippen LogP contribution in [-0.2, 0) is 11.2 Å². The van der Waals surface area contributed by atoms with Crippen molar-refractivity contribution in [2.75, 3.05) is 13.2 Å². The highest BCUT2D eigenvalue weighted by atomic mass is 16.6. The summed E-state index contributed by atoms with van der Waals surface area (Å²) in [5, 5.41) is 0. The van der Waals surface area contributed by atoms with E-state index in [-0.39, 0.29) is 5.60 Å². The Morgan fingerprint density at radius 2 is 1.40 bits per heavy atom. The van der Waals surface area contributed by atoms with Crippen molar-refractivity contribution in [2.24, 2.45) is 0 Å². The molecule has 1 aliphatic heterocycles. The second-order valence-corrected chi connectivity index (χ2v) is 9.32. The minimum Gasteiger partial charge on any atom is -0.490 e. The number of rotatable bonds is 19. The Bertz CT molecular complexity index is 574. The van der Waals surface area contributed by atoms with Gasteiger partial charge >= 0.3 is 0 Å². The Balaban J connectivity index is 1.39. The van der Waals surface area contributed by atoms with E-state index in [2.05, 4.69) is 50.3 Å². The number of hydrogen-bond donors (Lipinski definition) is 0. The van der Waals surface area contributed by atoms with Crippen LogP contribution in [0.3, 0.4) is 0 Å². The van der Waals surface area contributed by atoms with E-state index in [1.807, 2.05) is 0 Å². The lowest BCUT2D eigenvalue weighted by molar-refractivity contribution is 0.201. The van der Waals surface area contributed by atoms with Gasteiger partial charge < -0.3 is 9.47 Å². The van der Waals surface area contributed by atoms with Gasteiger partial charge in [0.15, 0.2) is 0 Å². The van der Waals surface area contributed by atoms with Crippen molar-refractivity contribution in [3.05, 3.63) is 42.0 Å². The molecule has 0 saturated carbocycles. The molecule has 30 heavy (non-hydrogen) atoms. The Morgan fingerprint density at radius 3 is 2.03 bits per heavy atom. The lowest BCUT2D eigenvalue weighted by Crippen LogP contribution is -2.17. The number of ether oxygens (including phenoxy) is 2. The van der Waals surface area contributed by atoms with E-state index in [4.69, 9.17) is 9.47 Å². The van der Waals surface area contributed by atoms with Crippen molar-refractivity contribution >= 4 is 0 Å². The van der Waals surface area contributed by atoms with Gasteiger partial charge in [0.05, 0.1) is 6.61 Å². The summed E-state index contributed by atoms with van der Waals surface area (Å²) in [6, 6.07) is 8.51. The molecule has 2 rings (SSSR count). The van der Waals surface area contributed by atoms with Crippen LogP contribution in [-0.4, -0.2) is 18.8 Å². The van der Waals surface area contributed by atoms with Crippen LogP contribution in [0.25, 0.3) is 0 Å². The number of benzene rings is 1. The van der Waals surface area contributed by atoms with Gasteiger partial charge in [-0.2, -0.15) is 0 Å². The second kappa shape index (κ2) is 15.5. The van der Waals surface area contributed by atoms with E-state index in [1.165, 1.54) is 95.5 Å². The molecule has 1 aromatic carbocycles. The predicted molar refractivity (Wildman–Crippen MR) is 129 cm³/mol. The lowest BCUT2D eigenvalue weighted by Gasteiger charge is -2.13. The van der Waals surface area contributed by atoms with Gasteiger partial charge in [0.1, 0.15) is 18.0 Å². The Kier molecular flexibility index (Phi) is 12.9. The van der Waals surface area contributed by atoms with Gasteiger partial charge in [-0.1, -0.05) is 101 Å². The molecular weight excluding hydrogens is 368 g/mol. The Morgan fingerprint density at radius 1 is 0.833 bits per heavy atom. The molecule has 1 atom stereocenters. The molecule has 1 unspecified atom stereocenters. The van der Waals surface area contributed by atoms with Gasteiger partial charge in [-0.3, -0.25) is 0 Å². The highest BCUT2D eigenvalue weighted by Gasteiger charge is 2.40. The van der Waals surface area contributed by atoms with Crippen LogP contribution in [0.2, 0.25) is 0 Å². The first kappa shape index (κ1) is 25.0. The van der Waals surface area contributed by atoms with Crippen LogP contribution in [0.5, 0.6) is 5.75 Å². The third-order valence-electron chi connectivity index (χ3n) is 6.10. The summed E-state index contributed by atoms with van der Waals surface area (Å²) in [7, 11) is 0. The monoisotopic (exact) mass is 414 g/mol. The predicted octanol–water partition coefficient (Wildman–Crippen LogP) is 8.43. The molecule has 0 N–H and O–H groups in total. The summed E-state index contributed by atoms with van der Waals surface area (Å²) in [4.78, 5) is 0. The molecule has 0 aliphatic carbocycles. The van der Waals surface area contributed by atoms with E-state index in [1.54, 1.807) is 0 Å². The summed E-state index contributed by atoms with van der Waals surface area (Å²) in [6.45, 7) is 5.87. The van der Waals surface area contributed by atoms with Crippen LogP contribution in [0, 0.1) is 0 Å². The molecule has 2 heteroatoms. The van der Waals surface area contributed by atoms with Crippen LogP contribution in [0.15, 0.2) is 36.4 Å². The highest BCUT2D eigenvalue weighted by Crippen LogP contribution is 2.28. The van der Waals surface area contributed by atoms with Crippen molar-refractivity contribution in [2.45, 2.75) is 116 Å². The van der Waals surface area contributed by atoms with E-state index >= 15 is 0 Å². The standard InChI is InChI=1S/C28H46O2/c1-3-4-5-6-7-8-9-10-11-12-13-14-15-16-17-18-21-26-22-19-20-23-27(26)29-24-28(2)25-30-28/h6-7,19-20,22-23H,3-5,8-18,21,24-25H2,1-2H3/b7-6+.